The molecule has 0 unspecified atom stereocenters. The second-order valence-corrected chi connectivity index (χ2v) is 6.68. The molecule has 3 aromatic rings. The van der Waals surface area contributed by atoms with Crippen LogP contribution in [0.2, 0.25) is 0 Å². The minimum Gasteiger partial charge on any atom is -0.388 e. The van der Waals surface area contributed by atoms with Crippen LogP contribution in [0.15, 0.2) is 106 Å². The Hall–Kier alpha value is -2.03. The topological polar surface area (TPSA) is 9.23 Å². The summed E-state index contributed by atoms with van der Waals surface area (Å²) in [4.78, 5) is 4.08. The van der Waals surface area contributed by atoms with Crippen LogP contribution in [0, 0.1) is 0 Å². The molecule has 0 saturated heterocycles. The predicted octanol–water partition coefficient (Wildman–Crippen LogP) is 5.68. The molecule has 0 aromatic heterocycles. The van der Waals surface area contributed by atoms with E-state index in [4.69, 9.17) is 0 Å². The number of rotatable bonds is 3. The first-order valence-electron chi connectivity index (χ1n) is 7.16. The molecule has 0 radical (unpaired) electrons. The lowest BCUT2D eigenvalue weighted by molar-refractivity contribution is 0.277. The fourth-order valence-corrected chi connectivity index (χ4v) is 4.18. The van der Waals surface area contributed by atoms with Crippen LogP contribution < -0.4 is 0 Å². The zero-order valence-electron chi connectivity index (χ0n) is 13.0. The normalized spacial score (nSPS) is 9.52. The highest BCUT2D eigenvalue weighted by molar-refractivity contribution is 7.97. The van der Waals surface area contributed by atoms with Crippen LogP contribution in [-0.4, -0.2) is 14.2 Å². The third-order valence-electron chi connectivity index (χ3n) is 2.94. The van der Waals surface area contributed by atoms with Gasteiger partial charge in [-0.2, -0.15) is 0 Å². The number of hydrogen-bond acceptors (Lipinski definition) is 1. The lowest BCUT2D eigenvalue weighted by Gasteiger charge is -2.07. The Morgan fingerprint density at radius 2 is 0.739 bits per heavy atom. The highest BCUT2D eigenvalue weighted by atomic mass is 32.2. The Kier molecular flexibility index (Phi) is 8.81. The zero-order valence-corrected chi connectivity index (χ0v) is 13.8. The van der Waals surface area contributed by atoms with E-state index in [0.717, 1.165) is 0 Å². The standard InChI is InChI=1S/C18H15S.C2H6O.CH4/c1-4-10-16(11-5-1)19(17-12-6-2-7-13-17)18-14-8-3-9-15-18;1-3-2;/h1-15H;1-2H3;1H4/q+1;;. The molecule has 0 aliphatic heterocycles. The number of hydrogen-bond donors (Lipinski definition) is 0. The van der Waals surface area contributed by atoms with E-state index in [1.807, 2.05) is 0 Å². The first kappa shape index (κ1) is 19.0. The van der Waals surface area contributed by atoms with Crippen molar-refractivity contribution in [1.82, 2.24) is 0 Å². The Morgan fingerprint density at radius 1 is 0.522 bits per heavy atom. The van der Waals surface area contributed by atoms with Crippen molar-refractivity contribution in [2.75, 3.05) is 14.2 Å². The molecule has 0 aliphatic rings. The van der Waals surface area contributed by atoms with Gasteiger partial charge in [-0.15, -0.1) is 0 Å². The summed E-state index contributed by atoms with van der Waals surface area (Å²) in [6.45, 7) is 0. The molecule has 2 heteroatoms. The molecule has 0 saturated carbocycles. The largest absolute Gasteiger partial charge is 0.388 e. The first-order valence-corrected chi connectivity index (χ1v) is 8.39. The molecule has 0 aliphatic carbocycles. The summed E-state index contributed by atoms with van der Waals surface area (Å²) >= 11 is 0. The van der Waals surface area contributed by atoms with Gasteiger partial charge in [-0.25, -0.2) is 0 Å². The molecule has 0 bridgehead atoms. The Balaban J connectivity index is 0.000000615. The van der Waals surface area contributed by atoms with Crippen molar-refractivity contribution in [2.24, 2.45) is 0 Å². The molecule has 0 fully saturated rings. The SMILES string of the molecule is C.COC.c1ccc([S+](c2ccccc2)c2ccccc2)cc1. The summed E-state index contributed by atoms with van der Waals surface area (Å²) in [6.07, 6.45) is 0. The van der Waals surface area contributed by atoms with Crippen LogP contribution in [0.25, 0.3) is 0 Å². The van der Waals surface area contributed by atoms with Gasteiger partial charge in [-0.05, 0) is 36.4 Å². The quantitative estimate of drug-likeness (QED) is 0.563. The molecule has 0 atom stereocenters. The summed E-state index contributed by atoms with van der Waals surface area (Å²) in [6, 6.07) is 32.2. The molecule has 0 N–H and O–H groups in total. The maximum atomic E-state index is 4.25. The molecular weight excluding hydrogens is 300 g/mol. The summed E-state index contributed by atoms with van der Waals surface area (Å²) < 4.78 is 4.25. The lowest BCUT2D eigenvalue weighted by Crippen LogP contribution is -2.04. The van der Waals surface area contributed by atoms with E-state index in [-0.39, 0.29) is 18.3 Å². The van der Waals surface area contributed by atoms with Crippen molar-refractivity contribution in [2.45, 2.75) is 22.1 Å². The van der Waals surface area contributed by atoms with E-state index in [0.29, 0.717) is 0 Å². The molecule has 120 valence electrons. The molecule has 0 heterocycles. The van der Waals surface area contributed by atoms with Gasteiger partial charge in [0, 0.05) is 14.2 Å². The zero-order chi connectivity index (χ0) is 15.6. The fraction of sp³-hybridized carbons (Fsp3) is 0.143. The van der Waals surface area contributed by atoms with Crippen molar-refractivity contribution in [3.05, 3.63) is 91.0 Å². The fourth-order valence-electron chi connectivity index (χ4n) is 2.08. The van der Waals surface area contributed by atoms with E-state index < -0.39 is 0 Å². The van der Waals surface area contributed by atoms with E-state index in [1.54, 1.807) is 14.2 Å². The second-order valence-electron chi connectivity index (χ2n) is 4.65. The average Bonchev–Trinajstić information content (AvgIpc) is 2.59. The van der Waals surface area contributed by atoms with Gasteiger partial charge >= 0.3 is 0 Å². The van der Waals surface area contributed by atoms with E-state index >= 15 is 0 Å². The highest BCUT2D eigenvalue weighted by Gasteiger charge is 2.27. The second kappa shape index (κ2) is 10.7. The van der Waals surface area contributed by atoms with Crippen molar-refractivity contribution in [3.8, 4) is 0 Å². The number of benzene rings is 3. The number of ether oxygens (including phenoxy) is 1. The summed E-state index contributed by atoms with van der Waals surface area (Å²) in [5.41, 5.74) is 0. The third kappa shape index (κ3) is 5.59. The monoisotopic (exact) mass is 325 g/mol. The van der Waals surface area contributed by atoms with Crippen molar-refractivity contribution in [3.63, 3.8) is 0 Å². The lowest BCUT2D eigenvalue weighted by atomic mass is 10.4. The maximum absolute atomic E-state index is 4.25. The maximum Gasteiger partial charge on any atom is 0.166 e. The van der Waals surface area contributed by atoms with Gasteiger partial charge in [0.25, 0.3) is 0 Å². The van der Waals surface area contributed by atoms with Gasteiger partial charge in [0.1, 0.15) is 0 Å². The van der Waals surface area contributed by atoms with Crippen LogP contribution in [0.5, 0.6) is 0 Å². The van der Waals surface area contributed by atoms with Gasteiger partial charge < -0.3 is 4.74 Å². The van der Waals surface area contributed by atoms with Gasteiger partial charge in [-0.3, -0.25) is 0 Å². The number of methoxy groups -OCH3 is 1. The third-order valence-corrected chi connectivity index (χ3v) is 5.17. The average molecular weight is 325 g/mol. The first-order chi connectivity index (χ1) is 10.9. The predicted molar refractivity (Wildman–Crippen MR) is 101 cm³/mol. The van der Waals surface area contributed by atoms with Crippen molar-refractivity contribution in [1.29, 1.82) is 0 Å². The van der Waals surface area contributed by atoms with Gasteiger partial charge in [-0.1, -0.05) is 62.0 Å². The minimum atomic E-state index is -0.0146. The van der Waals surface area contributed by atoms with E-state index in [2.05, 4.69) is 95.7 Å². The van der Waals surface area contributed by atoms with Crippen LogP contribution in [0.1, 0.15) is 7.43 Å². The Bertz CT molecular complexity index is 545. The van der Waals surface area contributed by atoms with E-state index in [1.165, 1.54) is 14.7 Å². The summed E-state index contributed by atoms with van der Waals surface area (Å²) in [7, 11) is 3.24. The van der Waals surface area contributed by atoms with Crippen LogP contribution >= 0.6 is 0 Å². The smallest absolute Gasteiger partial charge is 0.166 e. The molecule has 1 nitrogen and oxygen atoms in total. The van der Waals surface area contributed by atoms with Crippen molar-refractivity contribution >= 4 is 10.9 Å². The molecule has 0 spiro atoms. The van der Waals surface area contributed by atoms with Gasteiger partial charge in [0.05, 0.1) is 10.9 Å². The molecular formula is C21H25OS+. The van der Waals surface area contributed by atoms with Crippen LogP contribution in [-0.2, 0) is 15.6 Å². The molecule has 23 heavy (non-hydrogen) atoms. The molecule has 3 aromatic carbocycles. The minimum absolute atomic E-state index is 0. The van der Waals surface area contributed by atoms with Gasteiger partial charge in [0.15, 0.2) is 14.7 Å². The Labute approximate surface area is 143 Å². The summed E-state index contributed by atoms with van der Waals surface area (Å²) in [5, 5.41) is 0. The van der Waals surface area contributed by atoms with Crippen LogP contribution in [0.4, 0.5) is 0 Å². The molecule has 3 rings (SSSR count). The van der Waals surface area contributed by atoms with Crippen LogP contribution in [0.3, 0.4) is 0 Å². The van der Waals surface area contributed by atoms with Crippen molar-refractivity contribution < 1.29 is 4.74 Å². The van der Waals surface area contributed by atoms with Gasteiger partial charge in [0.2, 0.25) is 0 Å². The molecule has 0 amide bonds. The summed E-state index contributed by atoms with van der Waals surface area (Å²) in [5.74, 6) is 0. The van der Waals surface area contributed by atoms with E-state index in [9.17, 15) is 0 Å². The Morgan fingerprint density at radius 3 is 0.957 bits per heavy atom. The highest BCUT2D eigenvalue weighted by Crippen LogP contribution is 2.30.